The van der Waals surface area contributed by atoms with E-state index in [4.69, 9.17) is 5.73 Å². The lowest BCUT2D eigenvalue weighted by molar-refractivity contribution is 0.220. The SMILES string of the molecule is CC1(C)CCCC1C(N)Cc1cc(Br)cs1. The van der Waals surface area contributed by atoms with Gasteiger partial charge in [-0.05, 0) is 52.6 Å². The fourth-order valence-electron chi connectivity index (χ4n) is 2.98. The molecule has 2 unspecified atom stereocenters. The Balaban J connectivity index is 2.00. The first-order valence-electron chi connectivity index (χ1n) is 5.97. The zero-order chi connectivity index (χ0) is 11.8. The minimum Gasteiger partial charge on any atom is -0.327 e. The van der Waals surface area contributed by atoms with Gasteiger partial charge in [0.1, 0.15) is 0 Å². The van der Waals surface area contributed by atoms with Crippen LogP contribution in [0.5, 0.6) is 0 Å². The highest BCUT2D eigenvalue weighted by Crippen LogP contribution is 2.44. The molecule has 3 heteroatoms. The van der Waals surface area contributed by atoms with Crippen LogP contribution >= 0.6 is 27.3 Å². The summed E-state index contributed by atoms with van der Waals surface area (Å²) in [5.74, 6) is 0.688. The zero-order valence-corrected chi connectivity index (χ0v) is 12.4. The summed E-state index contributed by atoms with van der Waals surface area (Å²) < 4.78 is 1.19. The van der Waals surface area contributed by atoms with Crippen LogP contribution in [0.2, 0.25) is 0 Å². The standard InChI is InChI=1S/C13H20BrNS/c1-13(2)5-3-4-11(13)12(15)7-10-6-9(14)8-16-10/h6,8,11-12H,3-5,7,15H2,1-2H3. The van der Waals surface area contributed by atoms with E-state index in [1.54, 1.807) is 0 Å². The second kappa shape index (κ2) is 4.79. The molecule has 2 N–H and O–H groups in total. The van der Waals surface area contributed by atoms with Crippen molar-refractivity contribution < 1.29 is 0 Å². The summed E-state index contributed by atoms with van der Waals surface area (Å²) in [6.45, 7) is 4.74. The molecule has 1 nitrogen and oxygen atoms in total. The van der Waals surface area contributed by atoms with Gasteiger partial charge in [-0.2, -0.15) is 0 Å². The van der Waals surface area contributed by atoms with Crippen LogP contribution in [0.3, 0.4) is 0 Å². The molecule has 0 saturated heterocycles. The summed E-state index contributed by atoms with van der Waals surface area (Å²) in [7, 11) is 0. The number of rotatable bonds is 3. The van der Waals surface area contributed by atoms with Crippen LogP contribution in [-0.2, 0) is 6.42 Å². The van der Waals surface area contributed by atoms with E-state index in [2.05, 4.69) is 41.2 Å². The molecule has 1 aromatic rings. The summed E-state index contributed by atoms with van der Waals surface area (Å²) in [6.07, 6.45) is 5.02. The highest BCUT2D eigenvalue weighted by molar-refractivity contribution is 9.10. The van der Waals surface area contributed by atoms with Gasteiger partial charge in [-0.1, -0.05) is 20.3 Å². The Kier molecular flexibility index (Phi) is 3.77. The number of thiophene rings is 1. The van der Waals surface area contributed by atoms with E-state index >= 15 is 0 Å². The van der Waals surface area contributed by atoms with Gasteiger partial charge in [-0.3, -0.25) is 0 Å². The maximum absolute atomic E-state index is 6.39. The van der Waals surface area contributed by atoms with Crippen molar-refractivity contribution in [2.75, 3.05) is 0 Å². The maximum Gasteiger partial charge on any atom is 0.0285 e. The van der Waals surface area contributed by atoms with Gasteiger partial charge in [-0.25, -0.2) is 0 Å². The summed E-state index contributed by atoms with van der Waals surface area (Å²) in [6, 6.07) is 2.52. The Morgan fingerprint density at radius 3 is 2.88 bits per heavy atom. The molecule has 1 aliphatic carbocycles. The van der Waals surface area contributed by atoms with E-state index in [-0.39, 0.29) is 0 Å². The molecule has 0 spiro atoms. The molecule has 1 heterocycles. The summed E-state index contributed by atoms with van der Waals surface area (Å²) in [5.41, 5.74) is 6.83. The van der Waals surface area contributed by atoms with E-state index in [9.17, 15) is 0 Å². The summed E-state index contributed by atoms with van der Waals surface area (Å²) >= 11 is 5.31. The Morgan fingerprint density at radius 2 is 2.38 bits per heavy atom. The first kappa shape index (κ1) is 12.6. The van der Waals surface area contributed by atoms with Crippen molar-refractivity contribution in [3.8, 4) is 0 Å². The predicted octanol–water partition coefficient (Wildman–Crippen LogP) is 4.21. The molecule has 1 aromatic heterocycles. The van der Waals surface area contributed by atoms with Crippen molar-refractivity contribution in [3.63, 3.8) is 0 Å². The van der Waals surface area contributed by atoms with Gasteiger partial charge in [0, 0.05) is 20.8 Å². The van der Waals surface area contributed by atoms with Gasteiger partial charge in [0.25, 0.3) is 0 Å². The van der Waals surface area contributed by atoms with Gasteiger partial charge in [0.2, 0.25) is 0 Å². The van der Waals surface area contributed by atoms with Crippen LogP contribution in [0.15, 0.2) is 15.9 Å². The monoisotopic (exact) mass is 301 g/mol. The molecule has 2 atom stereocenters. The van der Waals surface area contributed by atoms with E-state index in [0.717, 1.165) is 6.42 Å². The molecular weight excluding hydrogens is 282 g/mol. The zero-order valence-electron chi connectivity index (χ0n) is 10.0. The quantitative estimate of drug-likeness (QED) is 0.889. The summed E-state index contributed by atoms with van der Waals surface area (Å²) in [4.78, 5) is 1.40. The molecule has 16 heavy (non-hydrogen) atoms. The van der Waals surface area contributed by atoms with Crippen LogP contribution in [0.25, 0.3) is 0 Å². The van der Waals surface area contributed by atoms with Crippen LogP contribution in [0.4, 0.5) is 0 Å². The van der Waals surface area contributed by atoms with Gasteiger partial charge in [-0.15, -0.1) is 11.3 Å². The molecule has 1 aliphatic rings. The van der Waals surface area contributed by atoms with Crippen molar-refractivity contribution in [2.45, 2.75) is 45.6 Å². The van der Waals surface area contributed by atoms with Crippen molar-refractivity contribution >= 4 is 27.3 Å². The van der Waals surface area contributed by atoms with Gasteiger partial charge < -0.3 is 5.73 Å². The molecule has 0 radical (unpaired) electrons. The molecule has 0 aromatic carbocycles. The van der Waals surface area contributed by atoms with Gasteiger partial charge >= 0.3 is 0 Å². The molecule has 1 saturated carbocycles. The van der Waals surface area contributed by atoms with E-state index < -0.39 is 0 Å². The minimum absolute atomic E-state index is 0.322. The Labute approximate surface area is 111 Å². The lowest BCUT2D eigenvalue weighted by Crippen LogP contribution is -2.37. The van der Waals surface area contributed by atoms with Crippen molar-refractivity contribution in [1.29, 1.82) is 0 Å². The molecule has 90 valence electrons. The third kappa shape index (κ3) is 2.69. The largest absolute Gasteiger partial charge is 0.327 e. The van der Waals surface area contributed by atoms with Crippen molar-refractivity contribution in [2.24, 2.45) is 17.1 Å². The smallest absolute Gasteiger partial charge is 0.0285 e. The molecule has 2 rings (SSSR count). The van der Waals surface area contributed by atoms with Crippen molar-refractivity contribution in [1.82, 2.24) is 0 Å². The average Bonchev–Trinajstić information content (AvgIpc) is 2.72. The third-order valence-electron chi connectivity index (χ3n) is 3.92. The second-order valence-electron chi connectivity index (χ2n) is 5.59. The van der Waals surface area contributed by atoms with Gasteiger partial charge in [0.05, 0.1) is 0 Å². The number of hydrogen-bond acceptors (Lipinski definition) is 2. The Hall–Kier alpha value is 0.140. The number of halogens is 1. The second-order valence-corrected chi connectivity index (χ2v) is 7.50. The first-order chi connectivity index (χ1) is 7.49. The Bertz CT molecular complexity index is 359. The van der Waals surface area contributed by atoms with E-state index in [0.29, 0.717) is 17.4 Å². The minimum atomic E-state index is 0.322. The number of hydrogen-bond donors (Lipinski definition) is 1. The van der Waals surface area contributed by atoms with E-state index in [1.807, 2.05) is 11.3 Å². The molecule has 0 aliphatic heterocycles. The maximum atomic E-state index is 6.39. The number of nitrogens with two attached hydrogens (primary N) is 1. The lowest BCUT2D eigenvalue weighted by atomic mass is 9.77. The summed E-state index contributed by atoms with van der Waals surface area (Å²) in [5, 5.41) is 2.14. The fraction of sp³-hybridized carbons (Fsp3) is 0.692. The van der Waals surface area contributed by atoms with Crippen LogP contribution < -0.4 is 5.73 Å². The molecular formula is C13H20BrNS. The predicted molar refractivity (Wildman–Crippen MR) is 74.8 cm³/mol. The van der Waals surface area contributed by atoms with E-state index in [1.165, 1.54) is 28.6 Å². The lowest BCUT2D eigenvalue weighted by Gasteiger charge is -2.31. The molecule has 0 bridgehead atoms. The first-order valence-corrected chi connectivity index (χ1v) is 7.65. The normalized spacial score (nSPS) is 25.9. The topological polar surface area (TPSA) is 26.0 Å². The highest BCUT2D eigenvalue weighted by Gasteiger charge is 2.37. The Morgan fingerprint density at radius 1 is 1.62 bits per heavy atom. The van der Waals surface area contributed by atoms with Crippen LogP contribution in [0, 0.1) is 11.3 Å². The molecule has 1 fully saturated rings. The van der Waals surface area contributed by atoms with Crippen LogP contribution in [-0.4, -0.2) is 6.04 Å². The average molecular weight is 302 g/mol. The fourth-order valence-corrected chi connectivity index (χ4v) is 4.51. The van der Waals surface area contributed by atoms with Crippen molar-refractivity contribution in [3.05, 3.63) is 20.8 Å². The molecule has 0 amide bonds. The highest BCUT2D eigenvalue weighted by atomic mass is 79.9. The van der Waals surface area contributed by atoms with Gasteiger partial charge in [0.15, 0.2) is 0 Å². The third-order valence-corrected chi connectivity index (χ3v) is 5.64. The van der Waals surface area contributed by atoms with Crippen LogP contribution in [0.1, 0.15) is 38.0 Å².